The van der Waals surface area contributed by atoms with Crippen LogP contribution in [0.5, 0.6) is 0 Å². The van der Waals surface area contributed by atoms with Gasteiger partial charge >= 0.3 is 5.97 Å². The van der Waals surface area contributed by atoms with Gasteiger partial charge < -0.3 is 25.5 Å². The first-order chi connectivity index (χ1) is 14.3. The monoisotopic (exact) mass is 434 g/mol. The molecule has 0 aromatic rings. The number of aliphatic hydroxyl groups excluding tert-OH is 3. The number of aliphatic carboxylic acids is 1. The van der Waals surface area contributed by atoms with E-state index in [9.17, 15) is 30.0 Å². The van der Waals surface area contributed by atoms with Crippen LogP contribution in [0.4, 0.5) is 0 Å². The van der Waals surface area contributed by atoms with Crippen LogP contribution in [-0.2, 0) is 9.59 Å². The van der Waals surface area contributed by atoms with E-state index in [0.717, 1.165) is 12.0 Å². The zero-order valence-corrected chi connectivity index (χ0v) is 18.4. The summed E-state index contributed by atoms with van der Waals surface area (Å²) in [5, 5.41) is 53.1. The largest absolute Gasteiger partial charge is 0.481 e. The van der Waals surface area contributed by atoms with E-state index in [1.807, 2.05) is 13.0 Å². The van der Waals surface area contributed by atoms with Crippen molar-refractivity contribution in [1.29, 1.82) is 0 Å². The van der Waals surface area contributed by atoms with E-state index in [0.29, 0.717) is 6.42 Å². The van der Waals surface area contributed by atoms with Crippen molar-refractivity contribution in [2.45, 2.75) is 76.8 Å². The summed E-state index contributed by atoms with van der Waals surface area (Å²) < 4.78 is 0. The van der Waals surface area contributed by atoms with Crippen molar-refractivity contribution in [1.82, 2.24) is 0 Å². The fraction of sp³-hybridized carbons (Fsp3) is 0.750. The molecule has 31 heavy (non-hydrogen) atoms. The molecule has 0 aromatic heterocycles. The Balaban J connectivity index is 1.70. The number of allylic oxidation sites excluding steroid dienone is 4. The van der Waals surface area contributed by atoms with Crippen molar-refractivity contribution in [3.8, 4) is 0 Å². The number of ketones is 1. The normalized spacial score (nSPS) is 48.3. The zero-order chi connectivity index (χ0) is 22.9. The molecule has 4 aliphatic carbocycles. The smallest absolute Gasteiger partial charge is 0.306 e. The molecule has 5 N–H and O–H groups in total. The third-order valence-electron chi connectivity index (χ3n) is 9.27. The van der Waals surface area contributed by atoms with Gasteiger partial charge in [0.1, 0.15) is 6.10 Å². The van der Waals surface area contributed by atoms with E-state index in [2.05, 4.69) is 13.8 Å². The number of rotatable bonds is 4. The lowest BCUT2D eigenvalue weighted by Crippen LogP contribution is -2.64. The molecular weight excluding hydrogens is 400 g/mol. The maximum absolute atomic E-state index is 12.0. The lowest BCUT2D eigenvalue weighted by atomic mass is 9.44. The Kier molecular flexibility index (Phi) is 5.29. The molecule has 3 fully saturated rings. The predicted molar refractivity (Wildman–Crippen MR) is 112 cm³/mol. The van der Waals surface area contributed by atoms with Gasteiger partial charge in [-0.15, -0.1) is 0 Å². The first kappa shape index (κ1) is 22.6. The average Bonchev–Trinajstić information content (AvgIpc) is 2.93. The molecule has 7 nitrogen and oxygen atoms in total. The lowest BCUT2D eigenvalue weighted by molar-refractivity contribution is -0.218. The molecule has 4 aliphatic rings. The van der Waals surface area contributed by atoms with Crippen LogP contribution in [0.2, 0.25) is 0 Å². The second-order valence-corrected chi connectivity index (χ2v) is 10.8. The van der Waals surface area contributed by atoms with Crippen LogP contribution in [0, 0.1) is 34.5 Å². The molecule has 0 bridgehead atoms. The molecule has 0 radical (unpaired) electrons. The maximum atomic E-state index is 12.0. The number of carbonyl (C=O) groups excluding carboxylic acids is 1. The molecule has 3 saturated carbocycles. The van der Waals surface area contributed by atoms with Crippen molar-refractivity contribution >= 4 is 11.8 Å². The third kappa shape index (κ3) is 3.08. The van der Waals surface area contributed by atoms with Crippen LogP contribution in [0.15, 0.2) is 23.8 Å². The minimum atomic E-state index is -1.68. The fourth-order valence-electron chi connectivity index (χ4n) is 7.88. The highest BCUT2D eigenvalue weighted by atomic mass is 16.4. The van der Waals surface area contributed by atoms with Gasteiger partial charge in [0.05, 0.1) is 24.2 Å². The molecule has 0 amide bonds. The number of aliphatic hydroxyl groups is 4. The van der Waals surface area contributed by atoms with E-state index in [4.69, 9.17) is 5.11 Å². The van der Waals surface area contributed by atoms with Gasteiger partial charge in [-0.05, 0) is 55.6 Å². The summed E-state index contributed by atoms with van der Waals surface area (Å²) in [4.78, 5) is 23.1. The molecule has 10 atom stereocenters. The maximum Gasteiger partial charge on any atom is 0.306 e. The zero-order valence-electron chi connectivity index (χ0n) is 18.4. The number of carbonyl (C=O) groups is 2. The number of carboxylic acid groups (broad SMARTS) is 1. The average molecular weight is 435 g/mol. The molecule has 7 heteroatoms. The van der Waals surface area contributed by atoms with E-state index in [1.54, 1.807) is 12.2 Å². The van der Waals surface area contributed by atoms with Crippen LogP contribution < -0.4 is 0 Å². The van der Waals surface area contributed by atoms with Gasteiger partial charge in [0.15, 0.2) is 5.78 Å². The van der Waals surface area contributed by atoms with Crippen molar-refractivity contribution in [2.75, 3.05) is 0 Å². The highest BCUT2D eigenvalue weighted by molar-refractivity contribution is 6.01. The summed E-state index contributed by atoms with van der Waals surface area (Å²) in [5.74, 6) is -1.16. The van der Waals surface area contributed by atoms with Gasteiger partial charge in [0.2, 0.25) is 0 Å². The highest BCUT2D eigenvalue weighted by Gasteiger charge is 2.68. The van der Waals surface area contributed by atoms with Crippen molar-refractivity contribution in [2.24, 2.45) is 34.5 Å². The number of carboxylic acids is 1. The molecule has 4 rings (SSSR count). The molecule has 0 saturated heterocycles. The first-order valence-electron chi connectivity index (χ1n) is 11.3. The van der Waals surface area contributed by atoms with Gasteiger partial charge in [-0.2, -0.15) is 0 Å². The first-order valence-corrected chi connectivity index (χ1v) is 11.3. The van der Waals surface area contributed by atoms with E-state index in [1.165, 1.54) is 0 Å². The minimum absolute atomic E-state index is 0.00410. The fourth-order valence-corrected chi connectivity index (χ4v) is 7.88. The van der Waals surface area contributed by atoms with Crippen LogP contribution in [-0.4, -0.2) is 61.2 Å². The van der Waals surface area contributed by atoms with Gasteiger partial charge in [0.25, 0.3) is 0 Å². The Hall–Kier alpha value is -1.54. The number of hydrogen-bond acceptors (Lipinski definition) is 6. The molecule has 172 valence electrons. The van der Waals surface area contributed by atoms with Crippen LogP contribution in [0.25, 0.3) is 0 Å². The molecular formula is C24H34O7. The molecule has 0 aromatic carbocycles. The molecule has 0 spiro atoms. The molecule has 0 heterocycles. The van der Waals surface area contributed by atoms with Crippen LogP contribution in [0.1, 0.15) is 52.9 Å². The standard InChI is InChI=1S/C24H34O7/c1-12-8-14-15-5-7-24(31,21(30)17(26)10-19(28)29)23(15,3)11-18(27)20(14)22(2)6-4-13(25)9-16(12)22/h4,6,9,12,14-15,17-18,20-21,26-27,30-31H,5,7-8,10-11H2,1-3H3,(H,28,29)/t12-,14-,15-,17?,18-,20+,21+,22-,23-,24-/m0/s1. The van der Waals surface area contributed by atoms with E-state index < -0.39 is 47.1 Å². The summed E-state index contributed by atoms with van der Waals surface area (Å²) in [7, 11) is 0. The number of fused-ring (bicyclic) bond motifs is 5. The second kappa shape index (κ2) is 7.24. The Morgan fingerprint density at radius 2 is 1.97 bits per heavy atom. The Bertz CT molecular complexity index is 849. The predicted octanol–water partition coefficient (Wildman–Crippen LogP) is 1.44. The topological polar surface area (TPSA) is 135 Å². The summed E-state index contributed by atoms with van der Waals surface area (Å²) >= 11 is 0. The van der Waals surface area contributed by atoms with E-state index in [-0.39, 0.29) is 42.3 Å². The number of hydrogen-bond donors (Lipinski definition) is 5. The minimum Gasteiger partial charge on any atom is -0.481 e. The van der Waals surface area contributed by atoms with Gasteiger partial charge in [-0.1, -0.05) is 32.4 Å². The van der Waals surface area contributed by atoms with Gasteiger partial charge in [0, 0.05) is 16.7 Å². The van der Waals surface area contributed by atoms with Crippen molar-refractivity contribution in [3.63, 3.8) is 0 Å². The summed E-state index contributed by atoms with van der Waals surface area (Å²) in [6.07, 6.45) is 2.48. The summed E-state index contributed by atoms with van der Waals surface area (Å²) in [6.45, 7) is 6.03. The van der Waals surface area contributed by atoms with Crippen LogP contribution in [0.3, 0.4) is 0 Å². The quantitative estimate of drug-likeness (QED) is 0.452. The van der Waals surface area contributed by atoms with Gasteiger partial charge in [-0.3, -0.25) is 9.59 Å². The summed E-state index contributed by atoms with van der Waals surface area (Å²) in [5.41, 5.74) is -1.94. The second-order valence-electron chi connectivity index (χ2n) is 10.8. The third-order valence-corrected chi connectivity index (χ3v) is 9.27. The SMILES string of the molecule is C[C@H]1C[C@@H]2[C@H]([C@@H](O)C[C@@]3(C)[C@H]2CC[C@]3(O)[C@H](O)C(O)CC(=O)O)[C@@]2(C)C=CC(=O)C=C12. The lowest BCUT2D eigenvalue weighted by Gasteiger charge is -2.61. The summed E-state index contributed by atoms with van der Waals surface area (Å²) in [6, 6.07) is 0. The van der Waals surface area contributed by atoms with Crippen LogP contribution >= 0.6 is 0 Å². The van der Waals surface area contributed by atoms with E-state index >= 15 is 0 Å². The highest BCUT2D eigenvalue weighted by Crippen LogP contribution is 2.68. The Morgan fingerprint density at radius 3 is 2.61 bits per heavy atom. The Morgan fingerprint density at radius 1 is 1.29 bits per heavy atom. The van der Waals surface area contributed by atoms with Crippen molar-refractivity contribution in [3.05, 3.63) is 23.8 Å². The molecule has 1 unspecified atom stereocenters. The molecule has 0 aliphatic heterocycles. The Labute approximate surface area is 182 Å². The van der Waals surface area contributed by atoms with Crippen molar-refractivity contribution < 1.29 is 35.1 Å². The van der Waals surface area contributed by atoms with Gasteiger partial charge in [-0.25, -0.2) is 0 Å².